The van der Waals surface area contributed by atoms with E-state index in [4.69, 9.17) is 21.4 Å². The molecule has 1 aliphatic heterocycles. The van der Waals surface area contributed by atoms with E-state index in [0.29, 0.717) is 37.1 Å². The van der Waals surface area contributed by atoms with Crippen molar-refractivity contribution >= 4 is 60.7 Å². The lowest BCUT2D eigenvalue weighted by molar-refractivity contribution is 0.0730. The second-order valence-corrected chi connectivity index (χ2v) is 9.78. The van der Waals surface area contributed by atoms with Gasteiger partial charge in [-0.3, -0.25) is 0 Å². The molecular formula is C23H21N3O4S2. The standard InChI is InChI=1S/C23H21N3O4S2/c27-32(28,26-11-13-29-14-12-26)18-8-5-16(6-9-18)24-23(31)25-17-7-10-22-20(15-17)19-3-1-2-4-21(19)30-22/h1-10,15H,11-14H2,(H2,24,25,31). The Balaban J connectivity index is 1.28. The third kappa shape index (κ3) is 4.07. The highest BCUT2D eigenvalue weighted by Crippen LogP contribution is 2.30. The first-order chi connectivity index (χ1) is 15.5. The third-order valence-corrected chi connectivity index (χ3v) is 7.47. The van der Waals surface area contributed by atoms with Crippen LogP contribution in [0.1, 0.15) is 0 Å². The van der Waals surface area contributed by atoms with Crippen LogP contribution >= 0.6 is 12.2 Å². The number of rotatable bonds is 4. The average molecular weight is 468 g/mol. The Morgan fingerprint density at radius 3 is 2.28 bits per heavy atom. The highest BCUT2D eigenvalue weighted by Gasteiger charge is 2.26. The first kappa shape index (κ1) is 20.9. The Kier molecular flexibility index (Phi) is 5.56. The number of ether oxygens (including phenoxy) is 1. The summed E-state index contributed by atoms with van der Waals surface area (Å²) in [4.78, 5) is 0.251. The molecule has 164 valence electrons. The van der Waals surface area contributed by atoms with E-state index < -0.39 is 10.0 Å². The van der Waals surface area contributed by atoms with Crippen molar-refractivity contribution in [2.75, 3.05) is 36.9 Å². The summed E-state index contributed by atoms with van der Waals surface area (Å²) in [5.41, 5.74) is 3.17. The predicted octanol–water partition coefficient (Wildman–Crippen LogP) is 4.42. The van der Waals surface area contributed by atoms with Crippen molar-refractivity contribution in [3.8, 4) is 0 Å². The molecule has 0 radical (unpaired) electrons. The number of furan rings is 1. The molecule has 0 aliphatic carbocycles. The number of hydrogen-bond donors (Lipinski definition) is 2. The maximum absolute atomic E-state index is 12.7. The first-order valence-electron chi connectivity index (χ1n) is 10.2. The van der Waals surface area contributed by atoms with Crippen LogP contribution in [-0.4, -0.2) is 44.1 Å². The zero-order valence-corrected chi connectivity index (χ0v) is 18.7. The molecule has 1 saturated heterocycles. The molecule has 1 aromatic heterocycles. The molecule has 2 heterocycles. The normalized spacial score (nSPS) is 15.1. The molecular weight excluding hydrogens is 446 g/mol. The van der Waals surface area contributed by atoms with Crippen molar-refractivity contribution < 1.29 is 17.6 Å². The highest BCUT2D eigenvalue weighted by atomic mass is 32.2. The van der Waals surface area contributed by atoms with Crippen LogP contribution in [0.25, 0.3) is 21.9 Å². The van der Waals surface area contributed by atoms with E-state index in [9.17, 15) is 8.42 Å². The van der Waals surface area contributed by atoms with E-state index in [0.717, 1.165) is 27.6 Å². The van der Waals surface area contributed by atoms with Gasteiger partial charge < -0.3 is 19.8 Å². The Hall–Kier alpha value is -2.98. The van der Waals surface area contributed by atoms with E-state index in [1.54, 1.807) is 24.3 Å². The van der Waals surface area contributed by atoms with E-state index in [-0.39, 0.29) is 4.90 Å². The molecule has 0 saturated carbocycles. The topological polar surface area (TPSA) is 83.8 Å². The molecule has 1 aliphatic rings. The summed E-state index contributed by atoms with van der Waals surface area (Å²) in [6.45, 7) is 1.57. The van der Waals surface area contributed by atoms with Crippen molar-refractivity contribution in [3.05, 3.63) is 66.7 Å². The van der Waals surface area contributed by atoms with Gasteiger partial charge in [0.05, 0.1) is 18.1 Å². The van der Waals surface area contributed by atoms with Gasteiger partial charge in [-0.1, -0.05) is 18.2 Å². The minimum Gasteiger partial charge on any atom is -0.456 e. The summed E-state index contributed by atoms with van der Waals surface area (Å²) in [5.74, 6) is 0. The molecule has 0 bridgehead atoms. The molecule has 2 N–H and O–H groups in total. The van der Waals surface area contributed by atoms with E-state index >= 15 is 0 Å². The largest absolute Gasteiger partial charge is 0.456 e. The van der Waals surface area contributed by atoms with Crippen LogP contribution in [0.3, 0.4) is 0 Å². The number of morpholine rings is 1. The van der Waals surface area contributed by atoms with Crippen molar-refractivity contribution in [2.24, 2.45) is 0 Å². The first-order valence-corrected chi connectivity index (χ1v) is 12.0. The fourth-order valence-corrected chi connectivity index (χ4v) is 5.39. The number of nitrogens with one attached hydrogen (secondary N) is 2. The summed E-state index contributed by atoms with van der Waals surface area (Å²) in [7, 11) is -3.52. The maximum atomic E-state index is 12.7. The van der Waals surface area contributed by atoms with Gasteiger partial charge in [-0.25, -0.2) is 8.42 Å². The Bertz CT molecular complexity index is 1390. The molecule has 4 aromatic rings. The molecule has 9 heteroatoms. The van der Waals surface area contributed by atoms with Crippen LogP contribution in [0.4, 0.5) is 11.4 Å². The van der Waals surface area contributed by atoms with E-state index in [1.165, 1.54) is 4.31 Å². The molecule has 7 nitrogen and oxygen atoms in total. The molecule has 1 fully saturated rings. The quantitative estimate of drug-likeness (QED) is 0.430. The highest BCUT2D eigenvalue weighted by molar-refractivity contribution is 7.89. The average Bonchev–Trinajstić information content (AvgIpc) is 3.18. The number of hydrogen-bond acceptors (Lipinski definition) is 5. The SMILES string of the molecule is O=S(=O)(c1ccc(NC(=S)Nc2ccc3oc4ccccc4c3c2)cc1)N1CCOCC1. The van der Waals surface area contributed by atoms with Crippen molar-refractivity contribution in [3.63, 3.8) is 0 Å². The van der Waals surface area contributed by atoms with Gasteiger partial charge in [0, 0.05) is 35.2 Å². The van der Waals surface area contributed by atoms with Crippen molar-refractivity contribution in [1.29, 1.82) is 0 Å². The molecule has 0 unspecified atom stereocenters. The van der Waals surface area contributed by atoms with Gasteiger partial charge >= 0.3 is 0 Å². The Morgan fingerprint density at radius 2 is 1.50 bits per heavy atom. The monoisotopic (exact) mass is 467 g/mol. The number of nitrogens with zero attached hydrogens (tertiary/aromatic N) is 1. The molecule has 0 atom stereocenters. The summed E-state index contributed by atoms with van der Waals surface area (Å²) >= 11 is 5.44. The third-order valence-electron chi connectivity index (χ3n) is 5.35. The van der Waals surface area contributed by atoms with Gasteiger partial charge in [0.25, 0.3) is 0 Å². The molecule has 32 heavy (non-hydrogen) atoms. The van der Waals surface area contributed by atoms with Gasteiger partial charge in [-0.15, -0.1) is 0 Å². The van der Waals surface area contributed by atoms with Crippen molar-refractivity contribution in [2.45, 2.75) is 4.90 Å². The van der Waals surface area contributed by atoms with Crippen LogP contribution in [0.2, 0.25) is 0 Å². The lowest BCUT2D eigenvalue weighted by Crippen LogP contribution is -2.40. The summed E-state index contributed by atoms with van der Waals surface area (Å²) in [5, 5.41) is 8.72. The fourth-order valence-electron chi connectivity index (χ4n) is 3.74. The smallest absolute Gasteiger partial charge is 0.243 e. The zero-order chi connectivity index (χ0) is 22.1. The number of fused-ring (bicyclic) bond motifs is 3. The van der Waals surface area contributed by atoms with E-state index in [2.05, 4.69) is 10.6 Å². The fraction of sp³-hybridized carbons (Fsp3) is 0.174. The minimum absolute atomic E-state index is 0.251. The predicted molar refractivity (Wildman–Crippen MR) is 130 cm³/mol. The van der Waals surface area contributed by atoms with Crippen LogP contribution in [-0.2, 0) is 14.8 Å². The minimum atomic E-state index is -3.52. The Labute approximate surface area is 191 Å². The summed E-state index contributed by atoms with van der Waals surface area (Å²) < 4.78 is 38.0. The van der Waals surface area contributed by atoms with E-state index in [1.807, 2.05) is 42.5 Å². The molecule has 0 amide bonds. The number of para-hydroxylation sites is 1. The Morgan fingerprint density at radius 1 is 0.844 bits per heavy atom. The zero-order valence-electron chi connectivity index (χ0n) is 17.1. The van der Waals surface area contributed by atoms with Gasteiger partial charge in [-0.2, -0.15) is 4.31 Å². The maximum Gasteiger partial charge on any atom is 0.243 e. The van der Waals surface area contributed by atoms with Crippen LogP contribution < -0.4 is 10.6 Å². The second kappa shape index (κ2) is 8.51. The molecule has 3 aromatic carbocycles. The van der Waals surface area contributed by atoms with Gasteiger partial charge in [0.1, 0.15) is 11.2 Å². The molecule has 5 rings (SSSR count). The molecule has 0 spiro atoms. The number of benzene rings is 3. The van der Waals surface area contributed by atoms with Crippen LogP contribution in [0.5, 0.6) is 0 Å². The lowest BCUT2D eigenvalue weighted by atomic mass is 10.1. The summed E-state index contributed by atoms with van der Waals surface area (Å²) in [6.07, 6.45) is 0. The number of anilines is 2. The van der Waals surface area contributed by atoms with Gasteiger partial charge in [0.15, 0.2) is 5.11 Å². The summed E-state index contributed by atoms with van der Waals surface area (Å²) in [6, 6.07) is 20.3. The number of sulfonamides is 1. The van der Waals surface area contributed by atoms with Gasteiger partial charge in [0.2, 0.25) is 10.0 Å². The lowest BCUT2D eigenvalue weighted by Gasteiger charge is -2.26. The van der Waals surface area contributed by atoms with Crippen LogP contribution in [0.15, 0.2) is 76.0 Å². The number of thiocarbonyl (C=S) groups is 1. The van der Waals surface area contributed by atoms with Crippen LogP contribution in [0, 0.1) is 0 Å². The van der Waals surface area contributed by atoms with Crippen molar-refractivity contribution in [1.82, 2.24) is 4.31 Å². The van der Waals surface area contributed by atoms with Gasteiger partial charge in [-0.05, 0) is 60.7 Å². The second-order valence-electron chi connectivity index (χ2n) is 7.43.